The van der Waals surface area contributed by atoms with Gasteiger partial charge in [0.15, 0.2) is 5.76 Å². The normalized spacial score (nSPS) is 16.0. The van der Waals surface area contributed by atoms with Crippen LogP contribution in [0.15, 0.2) is 40.8 Å². The lowest BCUT2D eigenvalue weighted by Gasteiger charge is -2.35. The highest BCUT2D eigenvalue weighted by Gasteiger charge is 2.26. The number of halogens is 1. The molecule has 1 fully saturated rings. The minimum Gasteiger partial charge on any atom is -0.451 e. The molecule has 1 aliphatic rings. The van der Waals surface area contributed by atoms with Gasteiger partial charge in [-0.25, -0.2) is 0 Å². The molecule has 0 bridgehead atoms. The molecule has 0 spiro atoms. The van der Waals surface area contributed by atoms with Crippen LogP contribution in [0.25, 0.3) is 11.0 Å². The number of amides is 1. The number of fused-ring (bicyclic) bond motifs is 1. The molecule has 2 heterocycles. The standard InChI is InChI=1S/C25H29ClN2O2/c1-16-13-20-18(3)24(30-23(20)14-17(16)2)25(29)27-15-22(28-11-7-4-8-12-28)19-9-5-6-10-21(19)26/h5-6,9-10,13-14,22H,4,7-8,11-12,15H2,1-3H3,(H,27,29). The Morgan fingerprint density at radius 1 is 1.10 bits per heavy atom. The van der Waals surface area contributed by atoms with Crippen LogP contribution in [0.2, 0.25) is 5.02 Å². The van der Waals surface area contributed by atoms with Crippen molar-refractivity contribution >= 4 is 28.5 Å². The fourth-order valence-corrected chi connectivity index (χ4v) is 4.64. The fourth-order valence-electron chi connectivity index (χ4n) is 4.37. The number of carbonyl (C=O) groups excluding carboxylic acids is 1. The molecule has 0 radical (unpaired) electrons. The highest BCUT2D eigenvalue weighted by Crippen LogP contribution is 2.31. The summed E-state index contributed by atoms with van der Waals surface area (Å²) in [5.41, 5.74) is 5.07. The van der Waals surface area contributed by atoms with Gasteiger partial charge in [-0.15, -0.1) is 0 Å². The van der Waals surface area contributed by atoms with Crippen LogP contribution < -0.4 is 5.32 Å². The Morgan fingerprint density at radius 3 is 2.53 bits per heavy atom. The van der Waals surface area contributed by atoms with Gasteiger partial charge in [0.05, 0.1) is 6.04 Å². The van der Waals surface area contributed by atoms with Gasteiger partial charge in [-0.05, 0) is 81.6 Å². The summed E-state index contributed by atoms with van der Waals surface area (Å²) >= 11 is 6.52. The molecule has 2 aromatic carbocycles. The SMILES string of the molecule is Cc1cc2oc(C(=O)NCC(c3ccccc3Cl)N3CCCCC3)c(C)c2cc1C. The molecule has 1 aromatic heterocycles. The van der Waals surface area contributed by atoms with Gasteiger partial charge in [0.2, 0.25) is 0 Å². The van der Waals surface area contributed by atoms with Gasteiger partial charge in [-0.2, -0.15) is 0 Å². The zero-order valence-corrected chi connectivity index (χ0v) is 18.7. The number of benzene rings is 2. The number of likely N-dealkylation sites (tertiary alicyclic amines) is 1. The van der Waals surface area contributed by atoms with Crippen molar-refractivity contribution in [2.45, 2.75) is 46.1 Å². The third-order valence-corrected chi connectivity index (χ3v) is 6.65. The average molecular weight is 425 g/mol. The first kappa shape index (κ1) is 21.0. The van der Waals surface area contributed by atoms with Gasteiger partial charge in [0.1, 0.15) is 5.58 Å². The molecule has 1 unspecified atom stereocenters. The number of rotatable bonds is 5. The Hall–Kier alpha value is -2.30. The van der Waals surface area contributed by atoms with E-state index in [9.17, 15) is 4.79 Å². The van der Waals surface area contributed by atoms with E-state index >= 15 is 0 Å². The number of piperidine rings is 1. The second-order valence-electron chi connectivity index (χ2n) is 8.33. The molecular weight excluding hydrogens is 396 g/mol. The molecule has 30 heavy (non-hydrogen) atoms. The molecule has 5 heteroatoms. The number of hydrogen-bond donors (Lipinski definition) is 1. The van der Waals surface area contributed by atoms with Crippen LogP contribution in [0.4, 0.5) is 0 Å². The van der Waals surface area contributed by atoms with E-state index in [-0.39, 0.29) is 11.9 Å². The van der Waals surface area contributed by atoms with Crippen molar-refractivity contribution in [3.63, 3.8) is 0 Å². The molecule has 1 N–H and O–H groups in total. The molecule has 4 nitrogen and oxygen atoms in total. The number of furan rings is 1. The first-order valence-electron chi connectivity index (χ1n) is 10.7. The van der Waals surface area contributed by atoms with Crippen LogP contribution in [0, 0.1) is 20.8 Å². The van der Waals surface area contributed by atoms with E-state index in [1.165, 1.54) is 24.8 Å². The molecule has 3 aromatic rings. The van der Waals surface area contributed by atoms with E-state index in [0.717, 1.165) is 45.8 Å². The Balaban J connectivity index is 1.57. The van der Waals surface area contributed by atoms with Crippen LogP contribution >= 0.6 is 11.6 Å². The molecule has 158 valence electrons. The number of aryl methyl sites for hydroxylation is 3. The number of carbonyl (C=O) groups is 1. The summed E-state index contributed by atoms with van der Waals surface area (Å²) in [5.74, 6) is 0.222. The van der Waals surface area contributed by atoms with Crippen LogP contribution in [-0.2, 0) is 0 Å². The van der Waals surface area contributed by atoms with Crippen molar-refractivity contribution in [2.75, 3.05) is 19.6 Å². The maximum Gasteiger partial charge on any atom is 0.287 e. The van der Waals surface area contributed by atoms with E-state index in [1.54, 1.807) is 0 Å². The minimum absolute atomic E-state index is 0.0529. The Bertz CT molecular complexity index is 1070. The third-order valence-electron chi connectivity index (χ3n) is 6.31. The third kappa shape index (κ3) is 4.12. The molecule has 1 saturated heterocycles. The Labute approximate surface area is 183 Å². The molecule has 0 aliphatic carbocycles. The van der Waals surface area contributed by atoms with Crippen molar-refractivity contribution in [3.05, 3.63) is 69.4 Å². The van der Waals surface area contributed by atoms with E-state index in [1.807, 2.05) is 31.2 Å². The van der Waals surface area contributed by atoms with E-state index < -0.39 is 0 Å². The summed E-state index contributed by atoms with van der Waals surface area (Å²) < 4.78 is 5.95. The highest BCUT2D eigenvalue weighted by atomic mass is 35.5. The lowest BCUT2D eigenvalue weighted by molar-refractivity contribution is 0.0898. The van der Waals surface area contributed by atoms with E-state index in [4.69, 9.17) is 16.0 Å². The number of nitrogens with one attached hydrogen (secondary N) is 1. The van der Waals surface area contributed by atoms with Gasteiger partial charge >= 0.3 is 0 Å². The van der Waals surface area contributed by atoms with E-state index in [0.29, 0.717) is 12.3 Å². The summed E-state index contributed by atoms with van der Waals surface area (Å²) in [6.45, 7) is 8.62. The monoisotopic (exact) mass is 424 g/mol. The largest absolute Gasteiger partial charge is 0.451 e. The first-order chi connectivity index (χ1) is 14.5. The topological polar surface area (TPSA) is 45.5 Å². The molecular formula is C25H29ClN2O2. The lowest BCUT2D eigenvalue weighted by atomic mass is 10.0. The summed E-state index contributed by atoms with van der Waals surface area (Å²) in [6, 6.07) is 12.1. The number of nitrogens with zero attached hydrogens (tertiary/aromatic N) is 1. The molecule has 1 aliphatic heterocycles. The van der Waals surface area contributed by atoms with Crippen LogP contribution in [0.1, 0.15) is 58.1 Å². The second-order valence-corrected chi connectivity index (χ2v) is 8.74. The highest BCUT2D eigenvalue weighted by molar-refractivity contribution is 6.31. The summed E-state index contributed by atoms with van der Waals surface area (Å²) in [6.07, 6.45) is 3.61. The maximum atomic E-state index is 13.1. The van der Waals surface area contributed by atoms with Crippen molar-refractivity contribution in [2.24, 2.45) is 0 Å². The number of hydrogen-bond acceptors (Lipinski definition) is 3. The smallest absolute Gasteiger partial charge is 0.287 e. The predicted octanol–water partition coefficient (Wildman–Crippen LogP) is 5.97. The van der Waals surface area contributed by atoms with Crippen LogP contribution in [0.3, 0.4) is 0 Å². The molecule has 0 saturated carbocycles. The predicted molar refractivity (Wildman–Crippen MR) is 122 cm³/mol. The second kappa shape index (κ2) is 8.83. The Morgan fingerprint density at radius 2 is 1.80 bits per heavy atom. The first-order valence-corrected chi connectivity index (χ1v) is 11.1. The molecule has 1 amide bonds. The van der Waals surface area contributed by atoms with Crippen LogP contribution in [-0.4, -0.2) is 30.4 Å². The minimum atomic E-state index is -0.173. The zero-order valence-electron chi connectivity index (χ0n) is 17.9. The van der Waals surface area contributed by atoms with Gasteiger partial charge in [-0.1, -0.05) is 36.2 Å². The zero-order chi connectivity index (χ0) is 21.3. The summed E-state index contributed by atoms with van der Waals surface area (Å²) in [7, 11) is 0. The van der Waals surface area contributed by atoms with Crippen molar-refractivity contribution < 1.29 is 9.21 Å². The van der Waals surface area contributed by atoms with Gasteiger partial charge < -0.3 is 9.73 Å². The average Bonchev–Trinajstić information content (AvgIpc) is 3.06. The fraction of sp³-hybridized carbons (Fsp3) is 0.400. The molecule has 4 rings (SSSR count). The summed E-state index contributed by atoms with van der Waals surface area (Å²) in [5, 5.41) is 4.87. The molecule has 1 atom stereocenters. The van der Waals surface area contributed by atoms with Gasteiger partial charge in [0, 0.05) is 22.5 Å². The van der Waals surface area contributed by atoms with Crippen LogP contribution in [0.5, 0.6) is 0 Å². The van der Waals surface area contributed by atoms with Crippen molar-refractivity contribution in [1.82, 2.24) is 10.2 Å². The van der Waals surface area contributed by atoms with Gasteiger partial charge in [0.25, 0.3) is 5.91 Å². The van der Waals surface area contributed by atoms with Crippen molar-refractivity contribution in [1.29, 1.82) is 0 Å². The Kier molecular flexibility index (Phi) is 6.16. The quantitative estimate of drug-likeness (QED) is 0.548. The van der Waals surface area contributed by atoms with E-state index in [2.05, 4.69) is 36.2 Å². The lowest BCUT2D eigenvalue weighted by Crippen LogP contribution is -2.40. The van der Waals surface area contributed by atoms with Crippen molar-refractivity contribution in [3.8, 4) is 0 Å². The maximum absolute atomic E-state index is 13.1. The summed E-state index contributed by atoms with van der Waals surface area (Å²) in [4.78, 5) is 15.5. The van der Waals surface area contributed by atoms with Gasteiger partial charge in [-0.3, -0.25) is 9.69 Å².